The van der Waals surface area contributed by atoms with Crippen molar-refractivity contribution < 1.29 is 13.2 Å². The Bertz CT molecular complexity index is 684. The van der Waals surface area contributed by atoms with E-state index in [1.54, 1.807) is 12.1 Å². The van der Waals surface area contributed by atoms with Crippen LogP contribution in [0.5, 0.6) is 0 Å². The summed E-state index contributed by atoms with van der Waals surface area (Å²) in [5, 5.41) is 7.89. The SMILES string of the molecule is NS(=O)(=O)c1ccc(CCNC(=O)CSC(=S)N2CCCC2)cc1. The fourth-order valence-electron chi connectivity index (χ4n) is 2.36. The van der Waals surface area contributed by atoms with Gasteiger partial charge in [-0.15, -0.1) is 0 Å². The zero-order chi connectivity index (χ0) is 17.6. The van der Waals surface area contributed by atoms with Crippen LogP contribution >= 0.6 is 24.0 Å². The maximum Gasteiger partial charge on any atom is 0.238 e. The van der Waals surface area contributed by atoms with Gasteiger partial charge in [-0.2, -0.15) is 0 Å². The number of sulfonamides is 1. The van der Waals surface area contributed by atoms with Crippen molar-refractivity contribution in [3.05, 3.63) is 29.8 Å². The molecule has 3 N–H and O–H groups in total. The molecular formula is C15H21N3O3S3. The van der Waals surface area contributed by atoms with E-state index in [0.29, 0.717) is 18.7 Å². The molecular weight excluding hydrogens is 366 g/mol. The molecule has 1 fully saturated rings. The maximum absolute atomic E-state index is 11.8. The van der Waals surface area contributed by atoms with Crippen LogP contribution in [-0.4, -0.2) is 48.9 Å². The van der Waals surface area contributed by atoms with Gasteiger partial charge in [-0.25, -0.2) is 13.6 Å². The summed E-state index contributed by atoms with van der Waals surface area (Å²) in [4.78, 5) is 14.1. The minimum atomic E-state index is -3.66. The largest absolute Gasteiger partial charge is 0.358 e. The van der Waals surface area contributed by atoms with Crippen molar-refractivity contribution in [1.29, 1.82) is 0 Å². The van der Waals surface area contributed by atoms with Crippen molar-refractivity contribution in [3.63, 3.8) is 0 Å². The molecule has 0 aliphatic carbocycles. The number of thiocarbonyl (C=S) groups is 1. The van der Waals surface area contributed by atoms with Crippen molar-refractivity contribution >= 4 is 44.2 Å². The molecule has 0 unspecified atom stereocenters. The molecule has 1 aromatic rings. The molecule has 0 radical (unpaired) electrons. The maximum atomic E-state index is 11.8. The van der Waals surface area contributed by atoms with Gasteiger partial charge in [0.2, 0.25) is 15.9 Å². The smallest absolute Gasteiger partial charge is 0.238 e. The fourth-order valence-corrected chi connectivity index (χ4v) is 3.96. The van der Waals surface area contributed by atoms with E-state index in [2.05, 4.69) is 10.2 Å². The minimum absolute atomic E-state index is 0.0531. The number of rotatable bonds is 6. The summed E-state index contributed by atoms with van der Waals surface area (Å²) in [5.74, 6) is 0.266. The monoisotopic (exact) mass is 387 g/mol. The molecule has 0 aromatic heterocycles. The first kappa shape index (κ1) is 19.2. The zero-order valence-corrected chi connectivity index (χ0v) is 15.7. The van der Waals surface area contributed by atoms with Crippen molar-refractivity contribution in [2.45, 2.75) is 24.2 Å². The summed E-state index contributed by atoms with van der Waals surface area (Å²) < 4.78 is 23.1. The molecule has 2 rings (SSSR count). The van der Waals surface area contributed by atoms with E-state index >= 15 is 0 Å². The average Bonchev–Trinajstić information content (AvgIpc) is 3.07. The second kappa shape index (κ2) is 8.80. The van der Waals surface area contributed by atoms with E-state index in [-0.39, 0.29) is 10.8 Å². The van der Waals surface area contributed by atoms with E-state index in [9.17, 15) is 13.2 Å². The third-order valence-electron chi connectivity index (χ3n) is 3.68. The van der Waals surface area contributed by atoms with Crippen LogP contribution in [-0.2, 0) is 21.2 Å². The lowest BCUT2D eigenvalue weighted by atomic mass is 10.1. The third kappa shape index (κ3) is 6.04. The highest BCUT2D eigenvalue weighted by atomic mass is 32.2. The van der Waals surface area contributed by atoms with Gasteiger partial charge in [-0.1, -0.05) is 36.1 Å². The van der Waals surface area contributed by atoms with Crippen LogP contribution in [0.2, 0.25) is 0 Å². The number of hydrogen-bond donors (Lipinski definition) is 2. The summed E-state index contributed by atoms with van der Waals surface area (Å²) in [7, 11) is -3.66. The van der Waals surface area contributed by atoms with Crippen molar-refractivity contribution in [3.8, 4) is 0 Å². The minimum Gasteiger partial charge on any atom is -0.358 e. The second-order valence-electron chi connectivity index (χ2n) is 5.54. The molecule has 1 aliphatic rings. The van der Waals surface area contributed by atoms with E-state index < -0.39 is 10.0 Å². The van der Waals surface area contributed by atoms with Crippen LogP contribution in [0.3, 0.4) is 0 Å². The van der Waals surface area contributed by atoms with Gasteiger partial charge < -0.3 is 10.2 Å². The number of likely N-dealkylation sites (tertiary alicyclic amines) is 1. The van der Waals surface area contributed by atoms with Crippen molar-refractivity contribution in [2.75, 3.05) is 25.4 Å². The van der Waals surface area contributed by atoms with E-state index in [0.717, 1.165) is 35.8 Å². The molecule has 9 heteroatoms. The summed E-state index contributed by atoms with van der Waals surface area (Å²) in [6, 6.07) is 6.33. The molecule has 1 aromatic carbocycles. The number of nitrogens with zero attached hydrogens (tertiary/aromatic N) is 1. The standard InChI is InChI=1S/C15H21N3O3S3/c16-24(20,21)13-5-3-12(4-6-13)7-8-17-14(19)11-23-15(22)18-9-1-2-10-18/h3-6H,1-2,7-11H2,(H,17,19)(H2,16,20,21). The third-order valence-corrected chi connectivity index (χ3v) is 6.13. The van der Waals surface area contributed by atoms with Crippen LogP contribution in [0.1, 0.15) is 18.4 Å². The Kier molecular flexibility index (Phi) is 7.02. The fraction of sp³-hybridized carbons (Fsp3) is 0.467. The van der Waals surface area contributed by atoms with Gasteiger partial charge in [-0.3, -0.25) is 4.79 Å². The first-order valence-corrected chi connectivity index (χ1v) is 10.6. The predicted octanol–water partition coefficient (Wildman–Crippen LogP) is 1.11. The Balaban J connectivity index is 1.67. The average molecular weight is 388 g/mol. The highest BCUT2D eigenvalue weighted by molar-refractivity contribution is 8.23. The van der Waals surface area contributed by atoms with Crippen LogP contribution < -0.4 is 10.5 Å². The molecule has 0 atom stereocenters. The zero-order valence-electron chi connectivity index (χ0n) is 13.2. The summed E-state index contributed by atoms with van der Waals surface area (Å²) in [6.45, 7) is 2.47. The van der Waals surface area contributed by atoms with E-state index in [1.807, 2.05) is 0 Å². The Morgan fingerprint density at radius 1 is 1.25 bits per heavy atom. The van der Waals surface area contributed by atoms with Crippen LogP contribution in [0.15, 0.2) is 29.2 Å². The number of carbonyl (C=O) groups is 1. The lowest BCUT2D eigenvalue weighted by Gasteiger charge is -2.17. The number of carbonyl (C=O) groups excluding carboxylic acids is 1. The predicted molar refractivity (Wildman–Crippen MR) is 100 cm³/mol. The summed E-state index contributed by atoms with van der Waals surface area (Å²) in [6.07, 6.45) is 2.95. The molecule has 132 valence electrons. The number of nitrogens with two attached hydrogens (primary N) is 1. The van der Waals surface area contributed by atoms with Gasteiger partial charge in [0.05, 0.1) is 10.6 Å². The highest BCUT2D eigenvalue weighted by Gasteiger charge is 2.16. The quantitative estimate of drug-likeness (QED) is 0.711. The van der Waals surface area contributed by atoms with Crippen molar-refractivity contribution in [2.24, 2.45) is 5.14 Å². The van der Waals surface area contributed by atoms with Crippen molar-refractivity contribution in [1.82, 2.24) is 10.2 Å². The number of benzene rings is 1. The lowest BCUT2D eigenvalue weighted by Crippen LogP contribution is -2.30. The Hall–Kier alpha value is -1.16. The molecule has 1 aliphatic heterocycles. The number of nitrogens with one attached hydrogen (secondary N) is 1. The van der Waals surface area contributed by atoms with Gasteiger partial charge in [0.25, 0.3) is 0 Å². The topological polar surface area (TPSA) is 92.5 Å². The van der Waals surface area contributed by atoms with Crippen LogP contribution in [0, 0.1) is 0 Å². The highest BCUT2D eigenvalue weighted by Crippen LogP contribution is 2.15. The molecule has 0 bridgehead atoms. The molecule has 1 heterocycles. The normalized spacial score (nSPS) is 14.6. The van der Waals surface area contributed by atoms with Crippen LogP contribution in [0.4, 0.5) is 0 Å². The number of primary sulfonamides is 1. The Morgan fingerprint density at radius 2 is 1.88 bits per heavy atom. The van der Waals surface area contributed by atoms with E-state index in [1.165, 1.54) is 23.9 Å². The van der Waals surface area contributed by atoms with E-state index in [4.69, 9.17) is 17.4 Å². The first-order chi connectivity index (χ1) is 11.4. The number of thioether (sulfide) groups is 1. The number of amides is 1. The van der Waals surface area contributed by atoms with Crippen LogP contribution in [0.25, 0.3) is 0 Å². The first-order valence-electron chi connectivity index (χ1n) is 7.66. The summed E-state index contributed by atoms with van der Waals surface area (Å²) in [5.41, 5.74) is 0.933. The van der Waals surface area contributed by atoms with Gasteiger partial charge >= 0.3 is 0 Å². The van der Waals surface area contributed by atoms with Gasteiger partial charge in [0.1, 0.15) is 4.32 Å². The molecule has 0 saturated carbocycles. The molecule has 0 spiro atoms. The lowest BCUT2D eigenvalue weighted by molar-refractivity contribution is -0.118. The van der Waals surface area contributed by atoms with Gasteiger partial charge in [-0.05, 0) is 37.0 Å². The van der Waals surface area contributed by atoms with Gasteiger partial charge in [0, 0.05) is 19.6 Å². The summed E-state index contributed by atoms with van der Waals surface area (Å²) >= 11 is 6.71. The Labute approximate surface area is 152 Å². The number of hydrogen-bond acceptors (Lipinski definition) is 5. The van der Waals surface area contributed by atoms with Gasteiger partial charge in [0.15, 0.2) is 0 Å². The molecule has 1 amide bonds. The Morgan fingerprint density at radius 3 is 2.46 bits per heavy atom. The molecule has 6 nitrogen and oxygen atoms in total. The second-order valence-corrected chi connectivity index (χ2v) is 8.71. The molecule has 1 saturated heterocycles. The molecule has 24 heavy (non-hydrogen) atoms.